The zero-order chi connectivity index (χ0) is 20.3. The summed E-state index contributed by atoms with van der Waals surface area (Å²) in [5, 5.41) is 12.0. The molecule has 2 heterocycles. The van der Waals surface area contributed by atoms with E-state index in [9.17, 15) is 0 Å². The third-order valence-electron chi connectivity index (χ3n) is 8.40. The van der Waals surface area contributed by atoms with Crippen LogP contribution in [0.25, 0.3) is 0 Å². The monoisotopic (exact) mass is 399 g/mol. The number of hydrazone groups is 1. The minimum atomic E-state index is -0.129. The zero-order valence-corrected chi connectivity index (χ0v) is 17.8. The van der Waals surface area contributed by atoms with Crippen LogP contribution in [0.4, 0.5) is 5.69 Å². The summed E-state index contributed by atoms with van der Waals surface area (Å²) in [6.45, 7) is 4.80. The average Bonchev–Trinajstić information content (AvgIpc) is 3.55. The Kier molecular flexibility index (Phi) is 3.90. The molecule has 2 fully saturated rings. The van der Waals surface area contributed by atoms with Gasteiger partial charge in [0.1, 0.15) is 5.71 Å². The van der Waals surface area contributed by atoms with Gasteiger partial charge in [-0.3, -0.25) is 5.01 Å². The van der Waals surface area contributed by atoms with Gasteiger partial charge in [0.05, 0.1) is 17.4 Å². The Labute approximate surface area is 178 Å². The summed E-state index contributed by atoms with van der Waals surface area (Å²) in [6.07, 6.45) is 5.70. The number of nitrogens with zero attached hydrogens (tertiary/aromatic N) is 3. The number of anilines is 1. The molecular formula is C26H29N3O. The first-order chi connectivity index (χ1) is 14.6. The van der Waals surface area contributed by atoms with Crippen LogP contribution in [0.2, 0.25) is 0 Å². The van der Waals surface area contributed by atoms with Gasteiger partial charge in [0.2, 0.25) is 0 Å². The molecule has 2 aromatic rings. The second-order valence-corrected chi connectivity index (χ2v) is 9.98. The lowest BCUT2D eigenvalue weighted by Gasteiger charge is -2.44. The van der Waals surface area contributed by atoms with Crippen molar-refractivity contribution in [1.29, 1.82) is 0 Å². The van der Waals surface area contributed by atoms with Crippen LogP contribution in [-0.2, 0) is 4.84 Å². The Hall–Kier alpha value is -2.62. The van der Waals surface area contributed by atoms with Crippen LogP contribution in [0.15, 0.2) is 70.9 Å². The molecule has 0 radical (unpaired) electrons. The molecular weight excluding hydrogens is 370 g/mol. The second kappa shape index (κ2) is 6.44. The van der Waals surface area contributed by atoms with Crippen LogP contribution in [-0.4, -0.2) is 17.0 Å². The molecule has 4 aliphatic rings. The summed E-state index contributed by atoms with van der Waals surface area (Å²) in [5.41, 5.74) is 4.61. The van der Waals surface area contributed by atoms with Gasteiger partial charge in [0.25, 0.3) is 0 Å². The second-order valence-electron chi connectivity index (χ2n) is 9.98. The first kappa shape index (κ1) is 18.2. The highest BCUT2D eigenvalue weighted by atomic mass is 16.7. The first-order valence-electron chi connectivity index (χ1n) is 11.3. The fourth-order valence-electron chi connectivity index (χ4n) is 6.54. The van der Waals surface area contributed by atoms with Gasteiger partial charge in [0.15, 0.2) is 5.60 Å². The summed E-state index contributed by atoms with van der Waals surface area (Å²) in [5.74, 6) is 1.40. The van der Waals surface area contributed by atoms with Crippen molar-refractivity contribution in [2.75, 3.05) is 5.01 Å². The summed E-state index contributed by atoms with van der Waals surface area (Å²) >= 11 is 0. The summed E-state index contributed by atoms with van der Waals surface area (Å²) in [6, 6.07) is 21.4. The van der Waals surface area contributed by atoms with Gasteiger partial charge in [-0.2, -0.15) is 5.10 Å². The van der Waals surface area contributed by atoms with E-state index < -0.39 is 0 Å². The van der Waals surface area contributed by atoms with Crippen molar-refractivity contribution in [2.45, 2.75) is 57.6 Å². The molecule has 2 bridgehead atoms. The molecule has 4 atom stereocenters. The van der Waals surface area contributed by atoms with E-state index in [4.69, 9.17) is 9.94 Å². The molecule has 0 aromatic heterocycles. The topological polar surface area (TPSA) is 37.2 Å². The number of benzene rings is 2. The molecule has 154 valence electrons. The minimum absolute atomic E-state index is 0.129. The number of hydrogen-bond donors (Lipinski definition) is 0. The van der Waals surface area contributed by atoms with E-state index >= 15 is 0 Å². The fraction of sp³-hybridized carbons (Fsp3) is 0.462. The van der Waals surface area contributed by atoms with Crippen molar-refractivity contribution in [3.8, 4) is 0 Å². The van der Waals surface area contributed by atoms with E-state index in [1.54, 1.807) is 0 Å². The molecule has 4 nitrogen and oxygen atoms in total. The number of para-hydroxylation sites is 1. The molecule has 2 saturated carbocycles. The lowest BCUT2D eigenvalue weighted by molar-refractivity contribution is -0.135. The summed E-state index contributed by atoms with van der Waals surface area (Å²) in [7, 11) is 0. The molecule has 2 unspecified atom stereocenters. The van der Waals surface area contributed by atoms with E-state index in [1.807, 2.05) is 0 Å². The van der Waals surface area contributed by atoms with Crippen molar-refractivity contribution in [3.05, 3.63) is 66.2 Å². The van der Waals surface area contributed by atoms with Crippen molar-refractivity contribution in [1.82, 2.24) is 0 Å². The molecule has 6 rings (SSSR count). The van der Waals surface area contributed by atoms with Gasteiger partial charge < -0.3 is 4.84 Å². The standard InChI is InChI=1S/C26H29N3O/c1-25(2)19-13-14-20(15-19)26(25)17-23(28-30-26)22-16-24(18-9-5-3-6-10-18)29(27-22)21-11-7-4-8-12-21/h3-12,19-20,24H,13-17H2,1-2H3/t19-,20+,24?,26?/m1/s1. The van der Waals surface area contributed by atoms with Gasteiger partial charge in [0, 0.05) is 24.2 Å². The van der Waals surface area contributed by atoms with Crippen molar-refractivity contribution < 1.29 is 4.84 Å². The third kappa shape index (κ3) is 2.46. The highest BCUT2D eigenvalue weighted by Gasteiger charge is 2.67. The van der Waals surface area contributed by atoms with Crippen molar-refractivity contribution >= 4 is 17.1 Å². The smallest absolute Gasteiger partial charge is 0.151 e. The fourth-order valence-corrected chi connectivity index (χ4v) is 6.54. The Morgan fingerprint density at radius 3 is 2.30 bits per heavy atom. The van der Waals surface area contributed by atoms with E-state index in [-0.39, 0.29) is 17.1 Å². The molecule has 30 heavy (non-hydrogen) atoms. The maximum absolute atomic E-state index is 6.35. The number of oxime groups is 1. The van der Waals surface area contributed by atoms with Gasteiger partial charge in [-0.1, -0.05) is 67.5 Å². The van der Waals surface area contributed by atoms with Crippen molar-refractivity contribution in [2.24, 2.45) is 27.5 Å². The minimum Gasteiger partial charge on any atom is -0.388 e. The summed E-state index contributed by atoms with van der Waals surface area (Å²) < 4.78 is 0. The molecule has 2 aliphatic carbocycles. The van der Waals surface area contributed by atoms with E-state index in [0.29, 0.717) is 5.92 Å². The first-order valence-corrected chi connectivity index (χ1v) is 11.3. The van der Waals surface area contributed by atoms with Gasteiger partial charge in [-0.05, 0) is 42.9 Å². The van der Waals surface area contributed by atoms with Crippen LogP contribution in [0.1, 0.15) is 57.6 Å². The maximum atomic E-state index is 6.35. The Balaban J connectivity index is 1.33. The van der Waals surface area contributed by atoms with E-state index in [1.165, 1.54) is 24.8 Å². The molecule has 0 N–H and O–H groups in total. The van der Waals surface area contributed by atoms with Crippen LogP contribution in [0.3, 0.4) is 0 Å². The predicted molar refractivity (Wildman–Crippen MR) is 121 cm³/mol. The Bertz CT molecular complexity index is 1010. The largest absolute Gasteiger partial charge is 0.388 e. The normalized spacial score (nSPS) is 33.7. The van der Waals surface area contributed by atoms with Crippen molar-refractivity contribution in [3.63, 3.8) is 0 Å². The van der Waals surface area contributed by atoms with Gasteiger partial charge in [-0.25, -0.2) is 0 Å². The molecule has 2 aromatic carbocycles. The highest BCUT2D eigenvalue weighted by Crippen LogP contribution is 2.65. The molecule has 1 spiro atoms. The molecule has 0 saturated heterocycles. The molecule has 0 amide bonds. The molecule has 2 aliphatic heterocycles. The van der Waals surface area contributed by atoms with Crippen LogP contribution in [0, 0.1) is 17.3 Å². The average molecular weight is 400 g/mol. The van der Waals surface area contributed by atoms with Crippen LogP contribution < -0.4 is 5.01 Å². The quantitative estimate of drug-likeness (QED) is 0.638. The van der Waals surface area contributed by atoms with Crippen LogP contribution >= 0.6 is 0 Å². The van der Waals surface area contributed by atoms with E-state index in [2.05, 4.69) is 84.7 Å². The maximum Gasteiger partial charge on any atom is 0.151 e. The van der Waals surface area contributed by atoms with Gasteiger partial charge in [-0.15, -0.1) is 0 Å². The lowest BCUT2D eigenvalue weighted by Crippen LogP contribution is -2.49. The molecule has 4 heteroatoms. The SMILES string of the molecule is CC1(C)[C@@H]2CC[C@@H](C2)C12CC(C1=NN(c3ccccc3)C(c3ccccc3)C1)=NO2. The number of rotatable bonds is 3. The number of fused-ring (bicyclic) bond motifs is 3. The van der Waals surface area contributed by atoms with Gasteiger partial charge >= 0.3 is 0 Å². The number of hydrogen-bond acceptors (Lipinski definition) is 4. The van der Waals surface area contributed by atoms with Crippen LogP contribution in [0.5, 0.6) is 0 Å². The highest BCUT2D eigenvalue weighted by molar-refractivity contribution is 6.43. The summed E-state index contributed by atoms with van der Waals surface area (Å²) in [4.78, 5) is 6.35. The zero-order valence-electron chi connectivity index (χ0n) is 17.8. The lowest BCUT2D eigenvalue weighted by atomic mass is 9.63. The predicted octanol–water partition coefficient (Wildman–Crippen LogP) is 5.97. The van der Waals surface area contributed by atoms with E-state index in [0.717, 1.165) is 35.9 Å². The third-order valence-corrected chi connectivity index (χ3v) is 8.40. The Morgan fingerprint density at radius 2 is 1.60 bits per heavy atom. The Morgan fingerprint density at radius 1 is 0.900 bits per heavy atom.